The van der Waals surface area contributed by atoms with Crippen molar-refractivity contribution in [2.45, 2.75) is 19.4 Å². The van der Waals surface area contributed by atoms with Gasteiger partial charge in [-0.15, -0.1) is 6.42 Å². The van der Waals surface area contributed by atoms with Crippen molar-refractivity contribution < 1.29 is 19.4 Å². The number of carbonyl (C=O) groups is 2. The quantitative estimate of drug-likeness (QED) is 0.626. The molecule has 2 rings (SSSR count). The van der Waals surface area contributed by atoms with Crippen LogP contribution in [0.25, 0.3) is 0 Å². The van der Waals surface area contributed by atoms with Gasteiger partial charge in [-0.25, -0.2) is 4.79 Å². The third-order valence-corrected chi connectivity index (χ3v) is 3.57. The number of carbonyl (C=O) groups excluding carboxylic acids is 2. The maximum Gasteiger partial charge on any atom is 0.328 e. The lowest BCUT2D eigenvalue weighted by Crippen LogP contribution is -2.43. The van der Waals surface area contributed by atoms with Crippen LogP contribution >= 0.6 is 0 Å². The predicted molar refractivity (Wildman–Crippen MR) is 94.1 cm³/mol. The Bertz CT molecular complexity index is 773. The molecule has 1 atom stereocenters. The summed E-state index contributed by atoms with van der Waals surface area (Å²) < 4.78 is 5.04. The number of ether oxygens (including phenoxy) is 1. The molecular formula is C20H19NO4. The van der Waals surface area contributed by atoms with Gasteiger partial charge in [-0.1, -0.05) is 18.1 Å². The first-order valence-corrected chi connectivity index (χ1v) is 7.85. The molecule has 0 saturated heterocycles. The molecule has 25 heavy (non-hydrogen) atoms. The number of benzene rings is 2. The molecule has 0 bridgehead atoms. The normalized spacial score (nSPS) is 11.2. The van der Waals surface area contributed by atoms with Gasteiger partial charge in [0, 0.05) is 17.5 Å². The van der Waals surface area contributed by atoms with Crippen molar-refractivity contribution >= 4 is 11.9 Å². The third-order valence-electron chi connectivity index (χ3n) is 3.57. The van der Waals surface area contributed by atoms with Crippen LogP contribution in [0, 0.1) is 12.3 Å². The van der Waals surface area contributed by atoms with Crippen LogP contribution in [-0.4, -0.2) is 29.6 Å². The Morgan fingerprint density at radius 1 is 1.16 bits per heavy atom. The van der Waals surface area contributed by atoms with E-state index in [2.05, 4.69) is 11.2 Å². The molecule has 0 saturated carbocycles. The summed E-state index contributed by atoms with van der Waals surface area (Å²) >= 11 is 0. The van der Waals surface area contributed by atoms with Crippen LogP contribution in [0.2, 0.25) is 0 Å². The van der Waals surface area contributed by atoms with E-state index in [1.54, 1.807) is 43.3 Å². The summed E-state index contributed by atoms with van der Waals surface area (Å²) in [5, 5.41) is 12.0. The maximum atomic E-state index is 12.4. The summed E-state index contributed by atoms with van der Waals surface area (Å²) in [4.78, 5) is 24.6. The summed E-state index contributed by atoms with van der Waals surface area (Å²) in [5.41, 5.74) is 1.86. The number of rotatable bonds is 6. The Morgan fingerprint density at radius 2 is 1.80 bits per heavy atom. The van der Waals surface area contributed by atoms with Crippen molar-refractivity contribution in [1.82, 2.24) is 5.32 Å². The molecule has 0 aliphatic heterocycles. The molecule has 128 valence electrons. The summed E-state index contributed by atoms with van der Waals surface area (Å²) in [6.07, 6.45) is 5.55. The highest BCUT2D eigenvalue weighted by molar-refractivity contribution is 5.96. The number of hydrogen-bond donors (Lipinski definition) is 2. The van der Waals surface area contributed by atoms with Crippen LogP contribution in [0.5, 0.6) is 5.75 Å². The molecule has 0 aliphatic carbocycles. The van der Waals surface area contributed by atoms with Crippen LogP contribution in [0.1, 0.15) is 28.4 Å². The third kappa shape index (κ3) is 5.11. The van der Waals surface area contributed by atoms with E-state index in [0.717, 1.165) is 5.56 Å². The molecule has 0 aromatic heterocycles. The molecular weight excluding hydrogens is 318 g/mol. The lowest BCUT2D eigenvalue weighted by molar-refractivity contribution is -0.145. The smallest absolute Gasteiger partial charge is 0.328 e. The van der Waals surface area contributed by atoms with Gasteiger partial charge in [0.15, 0.2) is 0 Å². The van der Waals surface area contributed by atoms with E-state index in [1.807, 2.05) is 0 Å². The van der Waals surface area contributed by atoms with E-state index in [1.165, 1.54) is 12.1 Å². The van der Waals surface area contributed by atoms with Crippen LogP contribution in [0.15, 0.2) is 48.5 Å². The predicted octanol–water partition coefficient (Wildman–Crippen LogP) is 2.28. The minimum atomic E-state index is -0.829. The number of nitrogens with one attached hydrogen (secondary N) is 1. The first-order chi connectivity index (χ1) is 12.0. The molecule has 0 aliphatic rings. The molecule has 2 aromatic rings. The van der Waals surface area contributed by atoms with Gasteiger partial charge >= 0.3 is 5.97 Å². The minimum absolute atomic E-state index is 0.133. The van der Waals surface area contributed by atoms with E-state index < -0.39 is 12.0 Å². The number of phenols is 1. The second-order valence-electron chi connectivity index (χ2n) is 5.37. The van der Waals surface area contributed by atoms with E-state index in [-0.39, 0.29) is 24.7 Å². The highest BCUT2D eigenvalue weighted by Gasteiger charge is 2.23. The number of terminal acetylenes is 1. The van der Waals surface area contributed by atoms with Crippen LogP contribution in [-0.2, 0) is 16.0 Å². The Labute approximate surface area is 146 Å². The van der Waals surface area contributed by atoms with Crippen molar-refractivity contribution in [3.05, 3.63) is 65.2 Å². The first kappa shape index (κ1) is 18.1. The second-order valence-corrected chi connectivity index (χ2v) is 5.37. The highest BCUT2D eigenvalue weighted by atomic mass is 16.5. The summed E-state index contributed by atoms with van der Waals surface area (Å²) in [7, 11) is 0. The number of phenolic OH excluding ortho intramolecular Hbond substituents is 1. The summed E-state index contributed by atoms with van der Waals surface area (Å²) in [6, 6.07) is 12.1. The zero-order valence-corrected chi connectivity index (χ0v) is 13.9. The van der Waals surface area contributed by atoms with Crippen LogP contribution < -0.4 is 5.32 Å². The average molecular weight is 337 g/mol. The second kappa shape index (κ2) is 8.55. The Morgan fingerprint density at radius 3 is 2.36 bits per heavy atom. The van der Waals surface area contributed by atoms with E-state index in [0.29, 0.717) is 11.1 Å². The number of amides is 1. The zero-order chi connectivity index (χ0) is 18.2. The molecule has 0 radical (unpaired) electrons. The van der Waals surface area contributed by atoms with Crippen molar-refractivity contribution in [3.63, 3.8) is 0 Å². The molecule has 0 unspecified atom stereocenters. The van der Waals surface area contributed by atoms with Gasteiger partial charge in [0.1, 0.15) is 11.8 Å². The molecule has 0 heterocycles. The van der Waals surface area contributed by atoms with E-state index >= 15 is 0 Å². The number of hydrogen-bond acceptors (Lipinski definition) is 4. The largest absolute Gasteiger partial charge is 0.508 e. The van der Waals surface area contributed by atoms with Crippen molar-refractivity contribution in [3.8, 4) is 18.1 Å². The van der Waals surface area contributed by atoms with Gasteiger partial charge in [0.25, 0.3) is 5.91 Å². The van der Waals surface area contributed by atoms with E-state index in [9.17, 15) is 14.7 Å². The Hall–Kier alpha value is -3.26. The highest BCUT2D eigenvalue weighted by Crippen LogP contribution is 2.12. The fourth-order valence-corrected chi connectivity index (χ4v) is 2.26. The van der Waals surface area contributed by atoms with Crippen molar-refractivity contribution in [2.75, 3.05) is 6.61 Å². The summed E-state index contributed by atoms with van der Waals surface area (Å²) in [5.74, 6) is 1.71. The lowest BCUT2D eigenvalue weighted by atomic mass is 10.0. The molecule has 2 aromatic carbocycles. The lowest BCUT2D eigenvalue weighted by Gasteiger charge is -2.17. The van der Waals surface area contributed by atoms with Gasteiger partial charge in [-0.2, -0.15) is 0 Å². The van der Waals surface area contributed by atoms with E-state index in [4.69, 9.17) is 11.2 Å². The monoisotopic (exact) mass is 337 g/mol. The standard InChI is InChI=1S/C20H19NO4/c1-3-14-5-9-16(10-6-14)19(23)21-18(20(24)25-4-2)13-15-7-11-17(22)12-8-15/h1,5-12,18,22H,4,13H2,2H3,(H,21,23)/t18-/m0/s1. The number of aromatic hydroxyl groups is 1. The maximum absolute atomic E-state index is 12.4. The van der Waals surface area contributed by atoms with Gasteiger partial charge in [0.05, 0.1) is 6.61 Å². The minimum Gasteiger partial charge on any atom is -0.508 e. The van der Waals surface area contributed by atoms with Crippen LogP contribution in [0.4, 0.5) is 0 Å². The SMILES string of the molecule is C#Cc1ccc(C(=O)N[C@@H](Cc2ccc(O)cc2)C(=O)OCC)cc1. The van der Waals surface area contributed by atoms with Gasteiger partial charge in [-0.3, -0.25) is 4.79 Å². The van der Waals surface area contributed by atoms with Gasteiger partial charge in [0.2, 0.25) is 0 Å². The Balaban J connectivity index is 2.14. The summed E-state index contributed by atoms with van der Waals surface area (Å²) in [6.45, 7) is 1.92. The molecule has 5 heteroatoms. The zero-order valence-electron chi connectivity index (χ0n) is 13.9. The van der Waals surface area contributed by atoms with Crippen LogP contribution in [0.3, 0.4) is 0 Å². The topological polar surface area (TPSA) is 75.6 Å². The average Bonchev–Trinajstić information content (AvgIpc) is 2.63. The first-order valence-electron chi connectivity index (χ1n) is 7.85. The van der Waals surface area contributed by atoms with Crippen molar-refractivity contribution in [2.24, 2.45) is 0 Å². The van der Waals surface area contributed by atoms with Gasteiger partial charge < -0.3 is 15.2 Å². The molecule has 5 nitrogen and oxygen atoms in total. The number of esters is 1. The van der Waals surface area contributed by atoms with Crippen molar-refractivity contribution in [1.29, 1.82) is 0 Å². The molecule has 0 spiro atoms. The fraction of sp³-hybridized carbons (Fsp3) is 0.200. The molecule has 1 amide bonds. The Kier molecular flexibility index (Phi) is 6.19. The molecule has 0 fully saturated rings. The fourth-order valence-electron chi connectivity index (χ4n) is 2.26. The molecule has 2 N–H and O–H groups in total. The van der Waals surface area contributed by atoms with Gasteiger partial charge in [-0.05, 0) is 48.9 Å².